The van der Waals surface area contributed by atoms with Crippen LogP contribution in [0, 0.1) is 0 Å². The number of aromatic nitrogens is 2. The fourth-order valence-electron chi connectivity index (χ4n) is 2.59. The van der Waals surface area contributed by atoms with Crippen LogP contribution < -0.4 is 5.32 Å². The van der Waals surface area contributed by atoms with Crippen molar-refractivity contribution in [3.8, 4) is 11.5 Å². The minimum absolute atomic E-state index is 0.361. The van der Waals surface area contributed by atoms with Crippen LogP contribution in [0.1, 0.15) is 50.0 Å². The number of rotatable bonds is 3. The summed E-state index contributed by atoms with van der Waals surface area (Å²) in [6.45, 7) is 6.41. The summed E-state index contributed by atoms with van der Waals surface area (Å²) in [5, 5.41) is 11.8. The van der Waals surface area contributed by atoms with Gasteiger partial charge in [0.25, 0.3) is 0 Å². The van der Waals surface area contributed by atoms with Crippen LogP contribution in [-0.2, 0) is 0 Å². The first-order chi connectivity index (χ1) is 9.74. The third kappa shape index (κ3) is 2.75. The third-order valence-corrected chi connectivity index (χ3v) is 3.91. The molecule has 0 radical (unpaired) electrons. The van der Waals surface area contributed by atoms with Crippen LogP contribution in [0.3, 0.4) is 0 Å². The zero-order valence-electron chi connectivity index (χ0n) is 12.1. The van der Waals surface area contributed by atoms with Gasteiger partial charge in [-0.2, -0.15) is 0 Å². The summed E-state index contributed by atoms with van der Waals surface area (Å²) in [6, 6.07) is 8.38. The van der Waals surface area contributed by atoms with E-state index >= 15 is 0 Å². The summed E-state index contributed by atoms with van der Waals surface area (Å²) in [5.41, 5.74) is 2.32. The van der Waals surface area contributed by atoms with E-state index < -0.39 is 0 Å². The van der Waals surface area contributed by atoms with Gasteiger partial charge in [-0.1, -0.05) is 26.0 Å². The summed E-state index contributed by atoms with van der Waals surface area (Å²) >= 11 is 0. The second-order valence-electron chi connectivity index (χ2n) is 5.77. The number of nitrogens with one attached hydrogen (secondary N) is 1. The molecule has 4 nitrogen and oxygen atoms in total. The molecule has 0 aliphatic carbocycles. The lowest BCUT2D eigenvalue weighted by Gasteiger charge is -2.18. The van der Waals surface area contributed by atoms with E-state index in [1.54, 1.807) is 0 Å². The van der Waals surface area contributed by atoms with Crippen molar-refractivity contribution in [3.63, 3.8) is 0 Å². The summed E-state index contributed by atoms with van der Waals surface area (Å²) < 4.78 is 5.85. The predicted molar refractivity (Wildman–Crippen MR) is 78.7 cm³/mol. The molecular weight excluding hydrogens is 250 g/mol. The maximum atomic E-state index is 5.85. The molecule has 106 valence electrons. The molecule has 20 heavy (non-hydrogen) atoms. The van der Waals surface area contributed by atoms with Crippen molar-refractivity contribution in [1.29, 1.82) is 0 Å². The standard InChI is InChI=1S/C16H21N3O/c1-11(2)12-5-7-13(8-6-12)15-18-19-16(20-15)14-4-3-9-17-10-14/h5-8,11,14,17H,3-4,9-10H2,1-2H3. The van der Waals surface area contributed by atoms with Gasteiger partial charge in [0, 0.05) is 18.0 Å². The zero-order chi connectivity index (χ0) is 13.9. The van der Waals surface area contributed by atoms with E-state index in [4.69, 9.17) is 4.42 Å². The average Bonchev–Trinajstić information content (AvgIpc) is 2.98. The van der Waals surface area contributed by atoms with E-state index in [2.05, 4.69) is 53.6 Å². The van der Waals surface area contributed by atoms with Gasteiger partial charge >= 0.3 is 0 Å². The van der Waals surface area contributed by atoms with E-state index in [0.29, 0.717) is 17.7 Å². The smallest absolute Gasteiger partial charge is 0.247 e. The second-order valence-corrected chi connectivity index (χ2v) is 5.77. The molecule has 1 saturated heterocycles. The molecule has 1 unspecified atom stereocenters. The van der Waals surface area contributed by atoms with Crippen LogP contribution in [-0.4, -0.2) is 23.3 Å². The summed E-state index contributed by atoms with van der Waals surface area (Å²) in [4.78, 5) is 0. The van der Waals surface area contributed by atoms with Gasteiger partial charge in [-0.25, -0.2) is 0 Å². The Hall–Kier alpha value is -1.68. The molecule has 1 fully saturated rings. The van der Waals surface area contributed by atoms with Crippen LogP contribution in [0.15, 0.2) is 28.7 Å². The summed E-state index contributed by atoms with van der Waals surface area (Å²) in [6.07, 6.45) is 2.30. The molecule has 1 aliphatic heterocycles. The molecule has 4 heteroatoms. The van der Waals surface area contributed by atoms with Crippen LogP contribution in [0.2, 0.25) is 0 Å². The number of hydrogen-bond donors (Lipinski definition) is 1. The fourth-order valence-corrected chi connectivity index (χ4v) is 2.59. The highest BCUT2D eigenvalue weighted by Crippen LogP contribution is 2.26. The van der Waals surface area contributed by atoms with Crippen molar-refractivity contribution in [2.75, 3.05) is 13.1 Å². The van der Waals surface area contributed by atoms with Crippen molar-refractivity contribution in [3.05, 3.63) is 35.7 Å². The largest absolute Gasteiger partial charge is 0.420 e. The first-order valence-electron chi connectivity index (χ1n) is 7.38. The normalized spacial score (nSPS) is 19.4. The van der Waals surface area contributed by atoms with Gasteiger partial charge in [0.15, 0.2) is 0 Å². The Bertz CT molecular complexity index is 553. The van der Waals surface area contributed by atoms with Crippen molar-refractivity contribution in [2.24, 2.45) is 0 Å². The van der Waals surface area contributed by atoms with Gasteiger partial charge in [-0.15, -0.1) is 10.2 Å². The van der Waals surface area contributed by atoms with Crippen molar-refractivity contribution in [2.45, 2.75) is 38.5 Å². The maximum absolute atomic E-state index is 5.85. The Morgan fingerprint density at radius 2 is 2.00 bits per heavy atom. The third-order valence-electron chi connectivity index (χ3n) is 3.91. The highest BCUT2D eigenvalue weighted by Gasteiger charge is 2.21. The molecule has 1 aromatic heterocycles. The fraction of sp³-hybridized carbons (Fsp3) is 0.500. The van der Waals surface area contributed by atoms with Gasteiger partial charge in [-0.3, -0.25) is 0 Å². The van der Waals surface area contributed by atoms with Gasteiger partial charge in [-0.05, 0) is 43.0 Å². The molecule has 0 saturated carbocycles. The topological polar surface area (TPSA) is 51.0 Å². The molecular formula is C16H21N3O. The SMILES string of the molecule is CC(C)c1ccc(-c2nnc(C3CCCNC3)o2)cc1. The van der Waals surface area contributed by atoms with Crippen molar-refractivity contribution in [1.82, 2.24) is 15.5 Å². The van der Waals surface area contributed by atoms with Gasteiger partial charge < -0.3 is 9.73 Å². The average molecular weight is 271 g/mol. The molecule has 1 N–H and O–H groups in total. The molecule has 3 rings (SSSR count). The van der Waals surface area contributed by atoms with E-state index in [-0.39, 0.29) is 0 Å². The summed E-state index contributed by atoms with van der Waals surface area (Å²) in [5.74, 6) is 2.29. The van der Waals surface area contributed by atoms with Crippen LogP contribution in [0.4, 0.5) is 0 Å². The lowest BCUT2D eigenvalue weighted by Crippen LogP contribution is -2.28. The summed E-state index contributed by atoms with van der Waals surface area (Å²) in [7, 11) is 0. The first kappa shape index (κ1) is 13.3. The lowest BCUT2D eigenvalue weighted by atomic mass is 10.00. The van der Waals surface area contributed by atoms with Gasteiger partial charge in [0.1, 0.15) is 0 Å². The van der Waals surface area contributed by atoms with E-state index in [1.807, 2.05) is 0 Å². The Morgan fingerprint density at radius 3 is 2.65 bits per heavy atom. The number of nitrogens with zero attached hydrogens (tertiary/aromatic N) is 2. The monoisotopic (exact) mass is 271 g/mol. The Balaban J connectivity index is 1.78. The molecule has 1 atom stereocenters. The van der Waals surface area contributed by atoms with Crippen molar-refractivity contribution < 1.29 is 4.42 Å². The molecule has 2 heterocycles. The number of hydrogen-bond acceptors (Lipinski definition) is 4. The molecule has 1 aliphatic rings. The molecule has 2 aromatic rings. The number of piperidine rings is 1. The molecule has 0 amide bonds. The quantitative estimate of drug-likeness (QED) is 0.930. The van der Waals surface area contributed by atoms with Crippen LogP contribution in [0.25, 0.3) is 11.5 Å². The number of benzene rings is 1. The molecule has 1 aromatic carbocycles. The molecule has 0 bridgehead atoms. The van der Waals surface area contributed by atoms with E-state index in [0.717, 1.165) is 31.0 Å². The highest BCUT2D eigenvalue weighted by molar-refractivity contribution is 5.53. The predicted octanol–water partition coefficient (Wildman–Crippen LogP) is 3.33. The van der Waals surface area contributed by atoms with Gasteiger partial charge in [0.05, 0.1) is 0 Å². The highest BCUT2D eigenvalue weighted by atomic mass is 16.4. The Morgan fingerprint density at radius 1 is 1.20 bits per heavy atom. The Labute approximate surface area is 119 Å². The first-order valence-corrected chi connectivity index (χ1v) is 7.38. The minimum atomic E-state index is 0.361. The molecule has 0 spiro atoms. The zero-order valence-corrected chi connectivity index (χ0v) is 12.1. The Kier molecular flexibility index (Phi) is 3.83. The second kappa shape index (κ2) is 5.75. The minimum Gasteiger partial charge on any atom is -0.420 e. The van der Waals surface area contributed by atoms with E-state index in [1.165, 1.54) is 12.0 Å². The van der Waals surface area contributed by atoms with E-state index in [9.17, 15) is 0 Å². The maximum Gasteiger partial charge on any atom is 0.247 e. The van der Waals surface area contributed by atoms with Crippen molar-refractivity contribution >= 4 is 0 Å². The lowest BCUT2D eigenvalue weighted by molar-refractivity contribution is 0.380. The van der Waals surface area contributed by atoms with Crippen LogP contribution >= 0.6 is 0 Å². The van der Waals surface area contributed by atoms with Gasteiger partial charge in [0.2, 0.25) is 11.8 Å². The van der Waals surface area contributed by atoms with Crippen LogP contribution in [0.5, 0.6) is 0 Å².